The van der Waals surface area contributed by atoms with E-state index in [0.717, 1.165) is 60.6 Å². The first-order valence-corrected chi connectivity index (χ1v) is 12.8. The zero-order valence-corrected chi connectivity index (χ0v) is 19.2. The van der Waals surface area contributed by atoms with Gasteiger partial charge in [-0.15, -0.1) is 0 Å². The van der Waals surface area contributed by atoms with E-state index in [9.17, 15) is 13.2 Å². The van der Waals surface area contributed by atoms with Crippen molar-refractivity contribution in [3.63, 3.8) is 0 Å². The molecule has 0 heterocycles. The molecule has 0 bridgehead atoms. The number of benzene rings is 1. The van der Waals surface area contributed by atoms with E-state index in [1.54, 1.807) is 13.8 Å². The molecule has 29 heavy (non-hydrogen) atoms. The SMILES string of the molecule is Cc1c(CC(=O)C2CCC(CS(=O)(=O)C(C)C)CC2)ccc(OCC2CC2)c1C. The van der Waals surface area contributed by atoms with Gasteiger partial charge in [0, 0.05) is 12.3 Å². The quantitative estimate of drug-likeness (QED) is 0.574. The first-order chi connectivity index (χ1) is 13.7. The number of Topliss-reactive ketones (excluding diaryl/α,β-unsaturated/α-hetero) is 1. The largest absolute Gasteiger partial charge is 0.493 e. The monoisotopic (exact) mass is 420 g/mol. The molecule has 5 heteroatoms. The van der Waals surface area contributed by atoms with Crippen molar-refractivity contribution >= 4 is 15.6 Å². The second kappa shape index (κ2) is 9.20. The topological polar surface area (TPSA) is 60.4 Å². The lowest BCUT2D eigenvalue weighted by atomic mass is 9.79. The molecule has 0 aromatic heterocycles. The Balaban J connectivity index is 1.53. The van der Waals surface area contributed by atoms with Crippen LogP contribution < -0.4 is 4.74 Å². The van der Waals surface area contributed by atoms with Crippen LogP contribution in [0.4, 0.5) is 0 Å². The molecule has 0 saturated heterocycles. The highest BCUT2D eigenvalue weighted by Crippen LogP contribution is 2.34. The van der Waals surface area contributed by atoms with Crippen LogP contribution in [-0.2, 0) is 21.1 Å². The highest BCUT2D eigenvalue weighted by molar-refractivity contribution is 7.91. The fourth-order valence-corrected chi connectivity index (χ4v) is 5.57. The Bertz CT molecular complexity index is 829. The van der Waals surface area contributed by atoms with Gasteiger partial charge in [-0.1, -0.05) is 6.07 Å². The summed E-state index contributed by atoms with van der Waals surface area (Å²) in [6.07, 6.45) is 6.33. The molecule has 2 aliphatic rings. The van der Waals surface area contributed by atoms with E-state index in [4.69, 9.17) is 4.74 Å². The fourth-order valence-electron chi connectivity index (χ4n) is 4.20. The third kappa shape index (κ3) is 5.84. The third-order valence-electron chi connectivity index (χ3n) is 6.87. The van der Waals surface area contributed by atoms with Crippen LogP contribution in [0.1, 0.15) is 69.1 Å². The molecule has 0 N–H and O–H groups in total. The highest BCUT2D eigenvalue weighted by Gasteiger charge is 2.30. The zero-order chi connectivity index (χ0) is 21.2. The minimum absolute atomic E-state index is 0.0681. The molecule has 3 rings (SSSR count). The minimum atomic E-state index is -3.00. The maximum absolute atomic E-state index is 12.9. The average Bonchev–Trinajstić information content (AvgIpc) is 3.49. The summed E-state index contributed by atoms with van der Waals surface area (Å²) in [7, 11) is -3.00. The molecular formula is C24H36O4S. The summed E-state index contributed by atoms with van der Waals surface area (Å²) in [5.41, 5.74) is 3.39. The Morgan fingerprint density at radius 1 is 1.00 bits per heavy atom. The zero-order valence-electron chi connectivity index (χ0n) is 18.4. The molecule has 2 saturated carbocycles. The normalized spacial score (nSPS) is 22.7. The minimum Gasteiger partial charge on any atom is -0.493 e. The third-order valence-corrected chi connectivity index (χ3v) is 9.25. The van der Waals surface area contributed by atoms with E-state index in [1.165, 1.54) is 12.8 Å². The molecule has 0 amide bonds. The van der Waals surface area contributed by atoms with Gasteiger partial charge >= 0.3 is 0 Å². The van der Waals surface area contributed by atoms with Gasteiger partial charge in [-0.25, -0.2) is 8.42 Å². The van der Waals surface area contributed by atoms with E-state index in [0.29, 0.717) is 12.2 Å². The number of sulfone groups is 1. The Morgan fingerprint density at radius 2 is 1.62 bits per heavy atom. The van der Waals surface area contributed by atoms with Crippen molar-refractivity contribution in [3.8, 4) is 5.75 Å². The molecular weight excluding hydrogens is 384 g/mol. The number of carbonyl (C=O) groups is 1. The molecule has 0 spiro atoms. The molecule has 0 radical (unpaired) electrons. The summed E-state index contributed by atoms with van der Waals surface area (Å²) in [6.45, 7) is 8.45. The maximum atomic E-state index is 12.9. The van der Waals surface area contributed by atoms with Gasteiger partial charge in [0.2, 0.25) is 0 Å². The standard InChI is InChI=1S/C24H36O4S/c1-16(2)29(26,27)15-20-7-9-21(10-8-20)23(25)13-22-11-12-24(18(4)17(22)3)28-14-19-5-6-19/h11-12,16,19-21H,5-10,13-15H2,1-4H3. The van der Waals surface area contributed by atoms with Crippen molar-refractivity contribution in [2.75, 3.05) is 12.4 Å². The van der Waals surface area contributed by atoms with Gasteiger partial charge in [0.05, 0.1) is 17.6 Å². The smallest absolute Gasteiger partial charge is 0.152 e. The van der Waals surface area contributed by atoms with Crippen LogP contribution in [0.15, 0.2) is 12.1 Å². The number of hydrogen-bond donors (Lipinski definition) is 0. The lowest BCUT2D eigenvalue weighted by Crippen LogP contribution is -2.29. The Morgan fingerprint density at radius 3 is 2.21 bits per heavy atom. The van der Waals surface area contributed by atoms with Crippen molar-refractivity contribution in [3.05, 3.63) is 28.8 Å². The van der Waals surface area contributed by atoms with E-state index in [-0.39, 0.29) is 22.8 Å². The molecule has 1 aromatic carbocycles. The summed E-state index contributed by atoms with van der Waals surface area (Å²) in [6, 6.07) is 4.06. The molecule has 0 aliphatic heterocycles. The van der Waals surface area contributed by atoms with Crippen molar-refractivity contribution < 1.29 is 17.9 Å². The highest BCUT2D eigenvalue weighted by atomic mass is 32.2. The van der Waals surface area contributed by atoms with Crippen LogP contribution in [0.25, 0.3) is 0 Å². The summed E-state index contributed by atoms with van der Waals surface area (Å²) >= 11 is 0. The Hall–Kier alpha value is -1.36. The number of hydrogen-bond acceptors (Lipinski definition) is 4. The summed E-state index contributed by atoms with van der Waals surface area (Å²) < 4.78 is 30.3. The second-order valence-electron chi connectivity index (χ2n) is 9.47. The maximum Gasteiger partial charge on any atom is 0.152 e. The van der Waals surface area contributed by atoms with Gasteiger partial charge in [-0.3, -0.25) is 4.79 Å². The predicted octanol–water partition coefficient (Wildman–Crippen LogP) is 4.83. The summed E-state index contributed by atoms with van der Waals surface area (Å²) in [5.74, 6) is 2.51. The van der Waals surface area contributed by atoms with Crippen LogP contribution in [0.5, 0.6) is 5.75 Å². The van der Waals surface area contributed by atoms with Gasteiger partial charge in [0.1, 0.15) is 11.5 Å². The second-order valence-corrected chi connectivity index (χ2v) is 12.1. The van der Waals surface area contributed by atoms with Crippen molar-refractivity contribution in [2.45, 2.75) is 77.9 Å². The molecule has 4 nitrogen and oxygen atoms in total. The van der Waals surface area contributed by atoms with Gasteiger partial charge in [-0.05, 0) is 101 Å². The first kappa shape index (κ1) is 22.3. The van der Waals surface area contributed by atoms with Crippen molar-refractivity contribution in [2.24, 2.45) is 17.8 Å². The van der Waals surface area contributed by atoms with Gasteiger partial charge < -0.3 is 4.74 Å². The lowest BCUT2D eigenvalue weighted by molar-refractivity contribution is -0.123. The number of rotatable bonds is 9. The van der Waals surface area contributed by atoms with Crippen LogP contribution in [0.3, 0.4) is 0 Å². The fraction of sp³-hybridized carbons (Fsp3) is 0.708. The van der Waals surface area contributed by atoms with Crippen LogP contribution in [0.2, 0.25) is 0 Å². The number of ether oxygens (including phenoxy) is 1. The van der Waals surface area contributed by atoms with Crippen LogP contribution in [-0.4, -0.2) is 31.8 Å². The molecule has 1 aromatic rings. The predicted molar refractivity (Wildman–Crippen MR) is 117 cm³/mol. The molecule has 162 valence electrons. The lowest BCUT2D eigenvalue weighted by Gasteiger charge is -2.28. The summed E-state index contributed by atoms with van der Waals surface area (Å²) in [5, 5.41) is -0.315. The Kier molecular flexibility index (Phi) is 7.08. The number of ketones is 1. The van der Waals surface area contributed by atoms with E-state index >= 15 is 0 Å². The molecule has 0 atom stereocenters. The number of carbonyl (C=O) groups excluding carboxylic acids is 1. The van der Waals surface area contributed by atoms with E-state index in [2.05, 4.69) is 13.8 Å². The van der Waals surface area contributed by atoms with Gasteiger partial charge in [-0.2, -0.15) is 0 Å². The van der Waals surface area contributed by atoms with Crippen LogP contribution >= 0.6 is 0 Å². The van der Waals surface area contributed by atoms with Crippen LogP contribution in [0, 0.1) is 31.6 Å². The first-order valence-electron chi connectivity index (χ1n) is 11.1. The Labute approximate surface area is 176 Å². The molecule has 0 unspecified atom stereocenters. The van der Waals surface area contributed by atoms with E-state index < -0.39 is 9.84 Å². The van der Waals surface area contributed by atoms with Gasteiger partial charge in [0.15, 0.2) is 9.84 Å². The average molecular weight is 421 g/mol. The van der Waals surface area contributed by atoms with Gasteiger partial charge in [0.25, 0.3) is 0 Å². The van der Waals surface area contributed by atoms with Crippen molar-refractivity contribution in [1.29, 1.82) is 0 Å². The van der Waals surface area contributed by atoms with Crippen molar-refractivity contribution in [1.82, 2.24) is 0 Å². The molecule has 2 fully saturated rings. The van der Waals surface area contributed by atoms with E-state index in [1.807, 2.05) is 12.1 Å². The summed E-state index contributed by atoms with van der Waals surface area (Å²) in [4.78, 5) is 12.9. The molecule has 2 aliphatic carbocycles.